The molecule has 0 spiro atoms. The fraction of sp³-hybridized carbons (Fsp3) is 0.250. The molecule has 6 heteroatoms. The summed E-state index contributed by atoms with van der Waals surface area (Å²) in [4.78, 5) is 23.2. The lowest BCUT2D eigenvalue weighted by molar-refractivity contribution is -0.128. The van der Waals surface area contributed by atoms with Crippen molar-refractivity contribution in [3.8, 4) is 0 Å². The molecule has 0 atom stereocenters. The summed E-state index contributed by atoms with van der Waals surface area (Å²) < 4.78 is 10.2. The molecule has 0 saturated carbocycles. The van der Waals surface area contributed by atoms with E-state index in [1.165, 1.54) is 6.26 Å². The minimum absolute atomic E-state index is 0.178. The smallest absolute Gasteiger partial charge is 0.250 e. The van der Waals surface area contributed by atoms with Gasteiger partial charge in [-0.3, -0.25) is 9.59 Å². The number of aryl methyl sites for hydroxylation is 1. The summed E-state index contributed by atoms with van der Waals surface area (Å²) in [6, 6.07) is 10.9. The van der Waals surface area contributed by atoms with Crippen LogP contribution in [-0.2, 0) is 20.9 Å². The van der Waals surface area contributed by atoms with E-state index in [4.69, 9.17) is 9.15 Å². The molecule has 0 radical (unpaired) electrons. The van der Waals surface area contributed by atoms with Gasteiger partial charge in [-0.2, -0.15) is 0 Å². The average molecular weight is 302 g/mol. The summed E-state index contributed by atoms with van der Waals surface area (Å²) in [7, 11) is 0. The molecule has 0 fully saturated rings. The standard InChI is InChI=1S/C16H18N2O4/c1-12-4-2-5-13(8-12)18-16(20)11-21-10-15(19)17-9-14-6-3-7-22-14/h2-8H,9-11H2,1H3,(H,17,19)(H,18,20). The quantitative estimate of drug-likeness (QED) is 0.818. The molecule has 0 aliphatic rings. The number of hydrogen-bond acceptors (Lipinski definition) is 4. The highest BCUT2D eigenvalue weighted by Crippen LogP contribution is 2.09. The predicted molar refractivity (Wildman–Crippen MR) is 81.2 cm³/mol. The van der Waals surface area contributed by atoms with Crippen LogP contribution in [0.3, 0.4) is 0 Å². The zero-order chi connectivity index (χ0) is 15.8. The number of anilines is 1. The molecule has 6 nitrogen and oxygen atoms in total. The van der Waals surface area contributed by atoms with E-state index in [9.17, 15) is 9.59 Å². The van der Waals surface area contributed by atoms with E-state index in [0.717, 1.165) is 5.56 Å². The highest BCUT2D eigenvalue weighted by Gasteiger charge is 2.06. The second-order valence-electron chi connectivity index (χ2n) is 4.77. The van der Waals surface area contributed by atoms with Crippen molar-refractivity contribution >= 4 is 17.5 Å². The molecule has 2 rings (SSSR count). The van der Waals surface area contributed by atoms with Crippen LogP contribution in [-0.4, -0.2) is 25.0 Å². The van der Waals surface area contributed by atoms with Gasteiger partial charge in [-0.15, -0.1) is 0 Å². The van der Waals surface area contributed by atoms with Crippen LogP contribution in [0.2, 0.25) is 0 Å². The van der Waals surface area contributed by atoms with E-state index in [1.54, 1.807) is 18.2 Å². The summed E-state index contributed by atoms with van der Waals surface area (Å²) >= 11 is 0. The molecule has 0 bridgehead atoms. The van der Waals surface area contributed by atoms with Crippen molar-refractivity contribution in [2.45, 2.75) is 13.5 Å². The highest BCUT2D eigenvalue weighted by molar-refractivity contribution is 5.91. The summed E-state index contributed by atoms with van der Waals surface area (Å²) in [6.45, 7) is 1.88. The Balaban J connectivity index is 1.63. The first-order chi connectivity index (χ1) is 10.6. The molecule has 2 aromatic rings. The molecule has 0 aliphatic carbocycles. The maximum absolute atomic E-state index is 11.7. The molecule has 1 heterocycles. The Morgan fingerprint density at radius 2 is 1.95 bits per heavy atom. The largest absolute Gasteiger partial charge is 0.467 e. The number of hydrogen-bond donors (Lipinski definition) is 2. The van der Waals surface area contributed by atoms with Gasteiger partial charge in [0, 0.05) is 5.69 Å². The molecule has 0 aliphatic heterocycles. The third-order valence-corrected chi connectivity index (χ3v) is 2.81. The van der Waals surface area contributed by atoms with E-state index in [2.05, 4.69) is 10.6 Å². The zero-order valence-corrected chi connectivity index (χ0v) is 12.3. The van der Waals surface area contributed by atoms with Gasteiger partial charge in [0.2, 0.25) is 11.8 Å². The number of amides is 2. The summed E-state index contributed by atoms with van der Waals surface area (Å²) in [5.41, 5.74) is 1.76. The summed E-state index contributed by atoms with van der Waals surface area (Å²) in [5.74, 6) is 0.0507. The number of nitrogens with one attached hydrogen (secondary N) is 2. The highest BCUT2D eigenvalue weighted by atomic mass is 16.5. The van der Waals surface area contributed by atoms with Gasteiger partial charge in [0.1, 0.15) is 19.0 Å². The third kappa shape index (κ3) is 5.41. The summed E-state index contributed by atoms with van der Waals surface area (Å²) in [6.07, 6.45) is 1.54. The van der Waals surface area contributed by atoms with Crippen LogP contribution in [0.1, 0.15) is 11.3 Å². The number of rotatable bonds is 7. The van der Waals surface area contributed by atoms with Gasteiger partial charge in [0.25, 0.3) is 0 Å². The van der Waals surface area contributed by atoms with E-state index < -0.39 is 0 Å². The van der Waals surface area contributed by atoms with E-state index in [-0.39, 0.29) is 25.0 Å². The Bertz CT molecular complexity index is 623. The van der Waals surface area contributed by atoms with Gasteiger partial charge in [-0.1, -0.05) is 12.1 Å². The molecule has 1 aromatic heterocycles. The Labute approximate surface area is 128 Å². The van der Waals surface area contributed by atoms with Crippen LogP contribution in [0.5, 0.6) is 0 Å². The zero-order valence-electron chi connectivity index (χ0n) is 12.3. The van der Waals surface area contributed by atoms with E-state index in [0.29, 0.717) is 18.0 Å². The van der Waals surface area contributed by atoms with Gasteiger partial charge in [0.05, 0.1) is 12.8 Å². The topological polar surface area (TPSA) is 80.6 Å². The molecule has 0 saturated heterocycles. The lowest BCUT2D eigenvalue weighted by Gasteiger charge is -2.07. The molecular weight excluding hydrogens is 284 g/mol. The fourth-order valence-electron chi connectivity index (χ4n) is 1.81. The fourth-order valence-corrected chi connectivity index (χ4v) is 1.81. The SMILES string of the molecule is Cc1cccc(NC(=O)COCC(=O)NCc2ccco2)c1. The first-order valence-electron chi connectivity index (χ1n) is 6.87. The molecule has 2 N–H and O–H groups in total. The van der Waals surface area contributed by atoms with E-state index >= 15 is 0 Å². The van der Waals surface area contributed by atoms with Crippen molar-refractivity contribution in [3.63, 3.8) is 0 Å². The summed E-state index contributed by atoms with van der Waals surface area (Å²) in [5, 5.41) is 5.33. The first kappa shape index (κ1) is 15.8. The van der Waals surface area contributed by atoms with Crippen LogP contribution in [0.25, 0.3) is 0 Å². The molecule has 1 aromatic carbocycles. The van der Waals surface area contributed by atoms with Gasteiger partial charge >= 0.3 is 0 Å². The van der Waals surface area contributed by atoms with Crippen LogP contribution in [0.4, 0.5) is 5.69 Å². The van der Waals surface area contributed by atoms with Gasteiger partial charge < -0.3 is 19.8 Å². The Hall–Kier alpha value is -2.60. The van der Waals surface area contributed by atoms with Crippen molar-refractivity contribution in [2.75, 3.05) is 18.5 Å². The number of furan rings is 1. The number of carbonyl (C=O) groups excluding carboxylic acids is 2. The first-order valence-corrected chi connectivity index (χ1v) is 6.87. The van der Waals surface area contributed by atoms with Crippen molar-refractivity contribution in [1.29, 1.82) is 0 Å². The van der Waals surface area contributed by atoms with Crippen molar-refractivity contribution in [3.05, 3.63) is 54.0 Å². The molecule has 2 amide bonds. The van der Waals surface area contributed by atoms with Gasteiger partial charge in [0.15, 0.2) is 0 Å². The Kier molecular flexibility index (Phi) is 5.73. The van der Waals surface area contributed by atoms with E-state index in [1.807, 2.05) is 25.1 Å². The van der Waals surface area contributed by atoms with Crippen LogP contribution < -0.4 is 10.6 Å². The molecular formula is C16H18N2O4. The van der Waals surface area contributed by atoms with Gasteiger partial charge in [-0.05, 0) is 36.8 Å². The number of ether oxygens (including phenoxy) is 1. The maximum atomic E-state index is 11.7. The van der Waals surface area contributed by atoms with Crippen LogP contribution >= 0.6 is 0 Å². The lowest BCUT2D eigenvalue weighted by atomic mass is 10.2. The molecule has 22 heavy (non-hydrogen) atoms. The normalized spacial score (nSPS) is 10.2. The van der Waals surface area contributed by atoms with Gasteiger partial charge in [-0.25, -0.2) is 0 Å². The van der Waals surface area contributed by atoms with Crippen molar-refractivity contribution in [2.24, 2.45) is 0 Å². The minimum atomic E-state index is -0.306. The predicted octanol–water partition coefficient (Wildman–Crippen LogP) is 1.86. The number of benzene rings is 1. The third-order valence-electron chi connectivity index (χ3n) is 2.81. The monoisotopic (exact) mass is 302 g/mol. The Morgan fingerprint density at radius 3 is 2.68 bits per heavy atom. The second-order valence-corrected chi connectivity index (χ2v) is 4.77. The molecule has 116 valence electrons. The average Bonchev–Trinajstić information content (AvgIpc) is 2.98. The lowest BCUT2D eigenvalue weighted by Crippen LogP contribution is -2.29. The van der Waals surface area contributed by atoms with Crippen molar-refractivity contribution in [1.82, 2.24) is 5.32 Å². The minimum Gasteiger partial charge on any atom is -0.467 e. The number of carbonyl (C=O) groups is 2. The van der Waals surface area contributed by atoms with Crippen LogP contribution in [0.15, 0.2) is 47.1 Å². The maximum Gasteiger partial charge on any atom is 0.250 e. The second kappa shape index (κ2) is 7.99. The van der Waals surface area contributed by atoms with Crippen LogP contribution in [0, 0.1) is 6.92 Å². The Morgan fingerprint density at radius 1 is 1.14 bits per heavy atom. The molecule has 0 unspecified atom stereocenters. The van der Waals surface area contributed by atoms with Crippen molar-refractivity contribution < 1.29 is 18.7 Å².